The van der Waals surface area contributed by atoms with E-state index in [1.165, 1.54) is 37.9 Å². The number of H-pyrrole nitrogens is 1. The van der Waals surface area contributed by atoms with E-state index in [1.807, 2.05) is 18.2 Å². The predicted molar refractivity (Wildman–Crippen MR) is 80.9 cm³/mol. The summed E-state index contributed by atoms with van der Waals surface area (Å²) in [7, 11) is 0. The van der Waals surface area contributed by atoms with Gasteiger partial charge in [-0.25, -0.2) is 4.98 Å². The highest BCUT2D eigenvalue weighted by Crippen LogP contribution is 2.59. The molecule has 0 atom stereocenters. The smallest absolute Gasteiger partial charge is 0.110 e. The van der Waals surface area contributed by atoms with E-state index in [0.717, 1.165) is 39.7 Å². The standard InChI is InChI=1S/C17H19ClN2/c18-13-1-2-14-15(8-13)20-17(19-14)16-11-4-9-3-10(6-11)7-12(16)5-9/h1-2,8-12,16H,3-7H2,(H,19,20). The number of fused-ring (bicyclic) bond motifs is 1. The van der Waals surface area contributed by atoms with Gasteiger partial charge in [0.1, 0.15) is 5.82 Å². The molecule has 2 aromatic rings. The molecule has 3 heteroatoms. The molecule has 6 rings (SSSR count). The van der Waals surface area contributed by atoms with Crippen LogP contribution in [-0.2, 0) is 0 Å². The van der Waals surface area contributed by atoms with E-state index in [-0.39, 0.29) is 0 Å². The van der Waals surface area contributed by atoms with Crippen molar-refractivity contribution in [3.63, 3.8) is 0 Å². The summed E-state index contributed by atoms with van der Waals surface area (Å²) in [6.45, 7) is 0. The van der Waals surface area contributed by atoms with Crippen molar-refractivity contribution in [2.24, 2.45) is 23.7 Å². The van der Waals surface area contributed by atoms with Gasteiger partial charge in [0.05, 0.1) is 11.0 Å². The second kappa shape index (κ2) is 4.00. The van der Waals surface area contributed by atoms with E-state index in [2.05, 4.69) is 4.98 Å². The molecule has 0 amide bonds. The molecule has 4 fully saturated rings. The molecule has 4 aliphatic rings. The van der Waals surface area contributed by atoms with Crippen molar-refractivity contribution in [2.45, 2.75) is 38.0 Å². The minimum absolute atomic E-state index is 0.675. The highest BCUT2D eigenvalue weighted by atomic mass is 35.5. The largest absolute Gasteiger partial charge is 0.342 e. The molecule has 0 spiro atoms. The molecule has 1 aromatic heterocycles. The zero-order valence-electron chi connectivity index (χ0n) is 11.5. The summed E-state index contributed by atoms with van der Waals surface area (Å²) in [5.41, 5.74) is 2.17. The van der Waals surface area contributed by atoms with Crippen molar-refractivity contribution in [3.8, 4) is 0 Å². The van der Waals surface area contributed by atoms with Gasteiger partial charge in [0.2, 0.25) is 0 Å². The van der Waals surface area contributed by atoms with Gasteiger partial charge in [0.25, 0.3) is 0 Å². The van der Waals surface area contributed by atoms with Crippen molar-refractivity contribution < 1.29 is 0 Å². The lowest BCUT2D eigenvalue weighted by atomic mass is 9.52. The number of hydrogen-bond donors (Lipinski definition) is 1. The third-order valence-corrected chi connectivity index (χ3v) is 6.24. The van der Waals surface area contributed by atoms with Crippen LogP contribution in [0.25, 0.3) is 11.0 Å². The summed E-state index contributed by atoms with van der Waals surface area (Å²) in [6, 6.07) is 5.97. The molecular formula is C17H19ClN2. The Kier molecular flexibility index (Phi) is 2.33. The predicted octanol–water partition coefficient (Wildman–Crippen LogP) is 4.76. The quantitative estimate of drug-likeness (QED) is 0.805. The van der Waals surface area contributed by atoms with Crippen LogP contribution in [0.2, 0.25) is 5.02 Å². The van der Waals surface area contributed by atoms with E-state index < -0.39 is 0 Å². The average molecular weight is 287 g/mol. The molecule has 104 valence electrons. The molecule has 2 nitrogen and oxygen atoms in total. The molecule has 4 bridgehead atoms. The maximum Gasteiger partial charge on any atom is 0.110 e. The Morgan fingerprint density at radius 2 is 1.70 bits per heavy atom. The van der Waals surface area contributed by atoms with Crippen LogP contribution in [-0.4, -0.2) is 9.97 Å². The van der Waals surface area contributed by atoms with Gasteiger partial charge in [-0.05, 0) is 74.0 Å². The zero-order chi connectivity index (χ0) is 13.3. The Morgan fingerprint density at radius 3 is 2.40 bits per heavy atom. The van der Waals surface area contributed by atoms with Gasteiger partial charge in [-0.15, -0.1) is 0 Å². The van der Waals surface area contributed by atoms with E-state index in [4.69, 9.17) is 16.6 Å². The highest BCUT2D eigenvalue weighted by Gasteiger charge is 2.49. The fourth-order valence-corrected chi connectivity index (χ4v) is 5.70. The summed E-state index contributed by atoms with van der Waals surface area (Å²) in [5.74, 6) is 5.70. The van der Waals surface area contributed by atoms with Crippen LogP contribution in [0.3, 0.4) is 0 Å². The number of nitrogens with one attached hydrogen (secondary N) is 1. The van der Waals surface area contributed by atoms with E-state index in [1.54, 1.807) is 0 Å². The van der Waals surface area contributed by atoms with Gasteiger partial charge in [-0.2, -0.15) is 0 Å². The van der Waals surface area contributed by atoms with Crippen LogP contribution < -0.4 is 0 Å². The SMILES string of the molecule is Clc1ccc2nc(C3C4CC5CC(C4)CC3C5)[nH]c2c1. The number of hydrogen-bond acceptors (Lipinski definition) is 1. The Bertz CT molecular complexity index is 647. The number of imidazole rings is 1. The molecule has 1 N–H and O–H groups in total. The lowest BCUT2D eigenvalue weighted by Crippen LogP contribution is -2.44. The van der Waals surface area contributed by atoms with Gasteiger partial charge in [0.15, 0.2) is 0 Å². The number of aromatic amines is 1. The van der Waals surface area contributed by atoms with E-state index in [9.17, 15) is 0 Å². The summed E-state index contributed by atoms with van der Waals surface area (Å²) >= 11 is 6.09. The Morgan fingerprint density at radius 1 is 1.00 bits per heavy atom. The molecule has 0 unspecified atom stereocenters. The van der Waals surface area contributed by atoms with Crippen molar-refractivity contribution in [1.82, 2.24) is 9.97 Å². The Balaban J connectivity index is 1.57. The lowest BCUT2D eigenvalue weighted by molar-refractivity contribution is -0.00528. The van der Waals surface area contributed by atoms with Crippen molar-refractivity contribution >= 4 is 22.6 Å². The molecule has 20 heavy (non-hydrogen) atoms. The number of halogens is 1. The molecule has 0 radical (unpaired) electrons. The van der Waals surface area contributed by atoms with Gasteiger partial charge in [-0.3, -0.25) is 0 Å². The minimum Gasteiger partial charge on any atom is -0.342 e. The van der Waals surface area contributed by atoms with Crippen molar-refractivity contribution in [3.05, 3.63) is 29.0 Å². The van der Waals surface area contributed by atoms with E-state index in [0.29, 0.717) is 5.92 Å². The van der Waals surface area contributed by atoms with Gasteiger partial charge in [-0.1, -0.05) is 11.6 Å². The maximum absolute atomic E-state index is 6.09. The summed E-state index contributed by atoms with van der Waals surface area (Å²) < 4.78 is 0. The normalized spacial score (nSPS) is 38.8. The first-order chi connectivity index (χ1) is 9.76. The van der Waals surface area contributed by atoms with Gasteiger partial charge < -0.3 is 4.98 Å². The molecule has 0 saturated heterocycles. The summed E-state index contributed by atoms with van der Waals surface area (Å²) in [4.78, 5) is 8.45. The van der Waals surface area contributed by atoms with Crippen LogP contribution in [0.15, 0.2) is 18.2 Å². The first-order valence-corrected chi connectivity index (χ1v) is 8.29. The number of rotatable bonds is 1. The maximum atomic E-state index is 6.09. The summed E-state index contributed by atoms with van der Waals surface area (Å²) in [5, 5.41) is 0.790. The van der Waals surface area contributed by atoms with E-state index >= 15 is 0 Å². The van der Waals surface area contributed by atoms with Crippen LogP contribution in [0.5, 0.6) is 0 Å². The molecular weight excluding hydrogens is 268 g/mol. The first kappa shape index (κ1) is 11.6. The number of nitrogens with zero attached hydrogens (tertiary/aromatic N) is 1. The second-order valence-electron chi connectivity index (χ2n) is 7.24. The van der Waals surface area contributed by atoms with Crippen LogP contribution in [0, 0.1) is 23.7 Å². The first-order valence-electron chi connectivity index (χ1n) is 7.91. The average Bonchev–Trinajstić information content (AvgIpc) is 2.79. The van der Waals surface area contributed by atoms with Gasteiger partial charge in [0, 0.05) is 10.9 Å². The summed E-state index contributed by atoms with van der Waals surface area (Å²) in [6.07, 6.45) is 7.27. The lowest BCUT2D eigenvalue weighted by Gasteiger charge is -2.53. The van der Waals surface area contributed by atoms with Crippen LogP contribution >= 0.6 is 11.6 Å². The fraction of sp³-hybridized carbons (Fsp3) is 0.588. The Labute approximate surface area is 123 Å². The zero-order valence-corrected chi connectivity index (χ0v) is 12.2. The number of aromatic nitrogens is 2. The number of benzene rings is 1. The molecule has 4 aliphatic carbocycles. The molecule has 0 aliphatic heterocycles. The molecule has 1 heterocycles. The van der Waals surface area contributed by atoms with Crippen LogP contribution in [0.1, 0.15) is 43.8 Å². The van der Waals surface area contributed by atoms with Crippen molar-refractivity contribution in [1.29, 1.82) is 0 Å². The second-order valence-corrected chi connectivity index (χ2v) is 7.68. The highest BCUT2D eigenvalue weighted by molar-refractivity contribution is 6.31. The topological polar surface area (TPSA) is 28.7 Å². The van der Waals surface area contributed by atoms with Crippen molar-refractivity contribution in [2.75, 3.05) is 0 Å². The molecule has 1 aromatic carbocycles. The Hall–Kier alpha value is -1.02. The minimum atomic E-state index is 0.675. The fourth-order valence-electron chi connectivity index (χ4n) is 5.53. The molecule has 4 saturated carbocycles. The third kappa shape index (κ3) is 1.60. The van der Waals surface area contributed by atoms with Gasteiger partial charge >= 0.3 is 0 Å². The van der Waals surface area contributed by atoms with Crippen LogP contribution in [0.4, 0.5) is 0 Å². The monoisotopic (exact) mass is 286 g/mol. The third-order valence-electron chi connectivity index (χ3n) is 6.00.